The summed E-state index contributed by atoms with van der Waals surface area (Å²) in [6.07, 6.45) is 4.66. The number of hydrogen-bond donors (Lipinski definition) is 3. The molecule has 0 aromatic heterocycles. The second-order valence-electron chi connectivity index (χ2n) is 9.00. The van der Waals surface area contributed by atoms with Gasteiger partial charge >= 0.3 is 0 Å². The summed E-state index contributed by atoms with van der Waals surface area (Å²) in [5, 5.41) is 8.89. The monoisotopic (exact) mass is 537 g/mol. The van der Waals surface area contributed by atoms with Gasteiger partial charge in [-0.2, -0.15) is 0 Å². The van der Waals surface area contributed by atoms with Gasteiger partial charge in [-0.05, 0) is 74.4 Å². The molecule has 0 radical (unpaired) electrons. The Morgan fingerprint density at radius 1 is 1.17 bits per heavy atom. The van der Waals surface area contributed by atoms with E-state index in [0.29, 0.717) is 32.1 Å². The van der Waals surface area contributed by atoms with E-state index in [1.54, 1.807) is 0 Å². The SMILES string of the molecule is Clc1ccc2c(c1)CCCO2.O=CNC12CCC(NC(=O)COc3ccc(Cl)c(F)c3)(CC1)C(=O)N2. The highest BCUT2D eigenvalue weighted by atomic mass is 35.5. The number of fused-ring (bicyclic) bond motifs is 4. The molecule has 0 atom stereocenters. The number of ether oxygens (including phenoxy) is 2. The zero-order chi connectivity index (χ0) is 25.8. The molecule has 2 bridgehead atoms. The topological polar surface area (TPSA) is 106 Å². The van der Waals surface area contributed by atoms with Crippen molar-refractivity contribution in [2.75, 3.05) is 13.2 Å². The van der Waals surface area contributed by atoms with Crippen LogP contribution >= 0.6 is 23.2 Å². The molecule has 11 heteroatoms. The summed E-state index contributed by atoms with van der Waals surface area (Å²) in [6.45, 7) is 0.489. The number of amides is 3. The van der Waals surface area contributed by atoms with Crippen molar-refractivity contribution in [3.8, 4) is 11.5 Å². The van der Waals surface area contributed by atoms with Crippen molar-refractivity contribution >= 4 is 41.4 Å². The Labute approximate surface area is 217 Å². The fourth-order valence-electron chi connectivity index (χ4n) is 4.61. The molecule has 3 heterocycles. The number of rotatable bonds is 6. The van der Waals surface area contributed by atoms with Crippen LogP contribution in [-0.2, 0) is 20.8 Å². The van der Waals surface area contributed by atoms with Crippen molar-refractivity contribution in [2.24, 2.45) is 0 Å². The van der Waals surface area contributed by atoms with E-state index in [2.05, 4.69) is 16.0 Å². The molecular weight excluding hydrogens is 512 g/mol. The largest absolute Gasteiger partial charge is 0.493 e. The standard InChI is InChI=1S/C16H17ClFN3O4.C9H9ClO/c17-11-2-1-10(7-12(11)18)25-8-13(23)20-15-3-5-16(6-4-15,19-9-22)21-14(15)24;10-8-3-4-9-7(6-8)2-1-5-11-9/h1-2,7,9H,3-6,8H2,(H,19,22)(H,20,23)(H,21,24);3-4,6H,1-2,5H2. The number of hydrogen-bond acceptors (Lipinski definition) is 5. The van der Waals surface area contributed by atoms with Crippen LogP contribution < -0.4 is 25.4 Å². The highest BCUT2D eigenvalue weighted by Crippen LogP contribution is 2.39. The Morgan fingerprint density at radius 2 is 1.94 bits per heavy atom. The fourth-order valence-corrected chi connectivity index (χ4v) is 4.93. The van der Waals surface area contributed by atoms with Crippen molar-refractivity contribution in [3.05, 3.63) is 57.8 Å². The van der Waals surface area contributed by atoms with Crippen molar-refractivity contribution in [2.45, 2.75) is 49.7 Å². The predicted molar refractivity (Wildman–Crippen MR) is 132 cm³/mol. The van der Waals surface area contributed by atoms with E-state index in [4.69, 9.17) is 32.7 Å². The van der Waals surface area contributed by atoms with E-state index < -0.39 is 22.9 Å². The number of carbonyl (C=O) groups is 3. The highest BCUT2D eigenvalue weighted by Gasteiger charge is 2.54. The van der Waals surface area contributed by atoms with Crippen LogP contribution in [0.15, 0.2) is 36.4 Å². The molecule has 0 unspecified atom stereocenters. The second-order valence-corrected chi connectivity index (χ2v) is 9.84. The Morgan fingerprint density at radius 3 is 2.64 bits per heavy atom. The third kappa shape index (κ3) is 5.84. The van der Waals surface area contributed by atoms with Crippen molar-refractivity contribution in [3.63, 3.8) is 0 Å². The molecule has 3 amide bonds. The molecule has 3 fully saturated rings. The van der Waals surface area contributed by atoms with E-state index in [1.807, 2.05) is 18.2 Å². The van der Waals surface area contributed by atoms with Gasteiger partial charge in [-0.3, -0.25) is 14.4 Å². The average molecular weight is 538 g/mol. The first-order valence-electron chi connectivity index (χ1n) is 11.6. The summed E-state index contributed by atoms with van der Waals surface area (Å²) >= 11 is 11.4. The van der Waals surface area contributed by atoms with Gasteiger partial charge in [0.1, 0.15) is 28.5 Å². The lowest BCUT2D eigenvalue weighted by molar-refractivity contribution is -0.145. The van der Waals surface area contributed by atoms with E-state index in [1.165, 1.54) is 17.7 Å². The van der Waals surface area contributed by atoms with Crippen LogP contribution in [0.3, 0.4) is 0 Å². The van der Waals surface area contributed by atoms with Crippen LogP contribution in [-0.4, -0.2) is 42.6 Å². The van der Waals surface area contributed by atoms with Gasteiger partial charge in [0.15, 0.2) is 6.61 Å². The van der Waals surface area contributed by atoms with Gasteiger partial charge in [0.05, 0.1) is 11.6 Å². The smallest absolute Gasteiger partial charge is 0.258 e. The summed E-state index contributed by atoms with van der Waals surface area (Å²) in [4.78, 5) is 35.2. The molecule has 2 aromatic carbocycles. The first kappa shape index (κ1) is 26.0. The number of carbonyl (C=O) groups excluding carboxylic acids is 3. The third-order valence-corrected chi connectivity index (χ3v) is 7.13. The Bertz CT molecular complexity index is 1150. The Kier molecular flexibility index (Phi) is 7.90. The number of nitrogens with one attached hydrogen (secondary N) is 3. The molecule has 1 saturated carbocycles. The molecule has 4 aliphatic rings. The average Bonchev–Trinajstić information content (AvgIpc) is 2.86. The zero-order valence-corrected chi connectivity index (χ0v) is 20.9. The molecule has 2 saturated heterocycles. The van der Waals surface area contributed by atoms with Crippen LogP contribution in [0.4, 0.5) is 4.39 Å². The second kappa shape index (κ2) is 10.9. The Balaban J connectivity index is 0.000000229. The maximum atomic E-state index is 13.4. The first-order chi connectivity index (χ1) is 17.2. The normalized spacial score (nSPS) is 23.7. The van der Waals surface area contributed by atoms with Gasteiger partial charge in [0, 0.05) is 11.1 Å². The van der Waals surface area contributed by atoms with Crippen LogP contribution in [0, 0.1) is 5.82 Å². The summed E-state index contributed by atoms with van der Waals surface area (Å²) in [6, 6.07) is 9.66. The molecular formula is C25H26Cl2FN3O5. The van der Waals surface area contributed by atoms with Crippen molar-refractivity contribution in [1.29, 1.82) is 0 Å². The van der Waals surface area contributed by atoms with Gasteiger partial charge in [-0.25, -0.2) is 4.39 Å². The number of benzene rings is 2. The van der Waals surface area contributed by atoms with Crippen molar-refractivity contribution in [1.82, 2.24) is 16.0 Å². The predicted octanol–water partition coefficient (Wildman–Crippen LogP) is 3.52. The van der Waals surface area contributed by atoms with Crippen LogP contribution in [0.1, 0.15) is 37.7 Å². The molecule has 8 nitrogen and oxygen atoms in total. The van der Waals surface area contributed by atoms with Gasteiger partial charge < -0.3 is 25.4 Å². The lowest BCUT2D eigenvalue weighted by atomic mass is 9.71. The van der Waals surface area contributed by atoms with E-state index >= 15 is 0 Å². The van der Waals surface area contributed by atoms with Gasteiger partial charge in [0.25, 0.3) is 5.91 Å². The molecule has 192 valence electrons. The zero-order valence-electron chi connectivity index (χ0n) is 19.4. The molecule has 0 spiro atoms. The molecule has 2 aromatic rings. The third-order valence-electron chi connectivity index (χ3n) is 6.59. The Hall–Kier alpha value is -3.04. The summed E-state index contributed by atoms with van der Waals surface area (Å²) in [7, 11) is 0. The lowest BCUT2D eigenvalue weighted by Gasteiger charge is -2.52. The maximum absolute atomic E-state index is 13.4. The van der Waals surface area contributed by atoms with Crippen LogP contribution in [0.25, 0.3) is 0 Å². The summed E-state index contributed by atoms with van der Waals surface area (Å²) in [5.41, 5.74) is -0.482. The van der Waals surface area contributed by atoms with Gasteiger partial charge in [0.2, 0.25) is 12.3 Å². The van der Waals surface area contributed by atoms with E-state index in [-0.39, 0.29) is 23.3 Å². The molecule has 3 aliphatic heterocycles. The van der Waals surface area contributed by atoms with Gasteiger partial charge in [-0.15, -0.1) is 0 Å². The minimum atomic E-state index is -1.00. The summed E-state index contributed by atoms with van der Waals surface area (Å²) in [5.74, 6) is -0.286. The highest BCUT2D eigenvalue weighted by molar-refractivity contribution is 6.31. The fraction of sp³-hybridized carbons (Fsp3) is 0.400. The van der Waals surface area contributed by atoms with Gasteiger partial charge in [-0.1, -0.05) is 23.2 Å². The number of halogens is 3. The molecule has 36 heavy (non-hydrogen) atoms. The maximum Gasteiger partial charge on any atom is 0.258 e. The quantitative estimate of drug-likeness (QED) is 0.489. The molecule has 6 rings (SSSR count). The van der Waals surface area contributed by atoms with Crippen LogP contribution in [0.5, 0.6) is 11.5 Å². The van der Waals surface area contributed by atoms with E-state index in [9.17, 15) is 18.8 Å². The lowest BCUT2D eigenvalue weighted by Crippen LogP contribution is -2.76. The summed E-state index contributed by atoms with van der Waals surface area (Å²) < 4.78 is 24.0. The molecule has 3 N–H and O–H groups in total. The minimum absolute atomic E-state index is 0.0378. The van der Waals surface area contributed by atoms with Crippen molar-refractivity contribution < 1.29 is 28.2 Å². The number of piperidine rings is 2. The first-order valence-corrected chi connectivity index (χ1v) is 12.3. The molecule has 1 aliphatic carbocycles. The van der Waals surface area contributed by atoms with Crippen LogP contribution in [0.2, 0.25) is 10.0 Å². The minimum Gasteiger partial charge on any atom is -0.493 e. The van der Waals surface area contributed by atoms with E-state index in [0.717, 1.165) is 36.3 Å². The number of aryl methyl sites for hydroxylation is 1.